The van der Waals surface area contributed by atoms with Crippen LogP contribution in [0, 0.1) is 22.7 Å². The molecule has 0 radical (unpaired) electrons. The third-order valence-corrected chi connectivity index (χ3v) is 4.51. The average molecular weight is 394 g/mol. The van der Waals surface area contributed by atoms with E-state index in [4.69, 9.17) is 16.9 Å². The minimum absolute atomic E-state index is 0.0538. The topological polar surface area (TPSA) is 141 Å². The van der Waals surface area contributed by atoms with Crippen molar-refractivity contribution >= 4 is 17.4 Å². The molecule has 0 spiro atoms. The molecule has 1 amide bonds. The van der Waals surface area contributed by atoms with Gasteiger partial charge in [-0.3, -0.25) is 10.2 Å². The van der Waals surface area contributed by atoms with Crippen molar-refractivity contribution in [2.75, 3.05) is 5.32 Å². The van der Waals surface area contributed by atoms with Gasteiger partial charge in [0.05, 0.1) is 23.1 Å². The number of carbonyl (C=O) groups is 1. The lowest BCUT2D eigenvalue weighted by Gasteiger charge is -2.31. The first-order chi connectivity index (χ1) is 13.1. The molecule has 1 aliphatic carbocycles. The van der Waals surface area contributed by atoms with Gasteiger partial charge in [-0.15, -0.1) is 0 Å². The van der Waals surface area contributed by atoms with Crippen LogP contribution in [0.3, 0.4) is 0 Å². The second-order valence-electron chi connectivity index (χ2n) is 6.58. The molecule has 1 fully saturated rings. The Morgan fingerprint density at radius 1 is 1.29 bits per heavy atom. The van der Waals surface area contributed by atoms with Crippen LogP contribution in [0.4, 0.5) is 18.9 Å². The second kappa shape index (κ2) is 8.75. The van der Waals surface area contributed by atoms with Crippen molar-refractivity contribution in [2.24, 2.45) is 17.4 Å². The van der Waals surface area contributed by atoms with Crippen LogP contribution in [-0.4, -0.2) is 23.8 Å². The van der Waals surface area contributed by atoms with Crippen molar-refractivity contribution in [2.45, 2.75) is 37.5 Å². The lowest BCUT2D eigenvalue weighted by Crippen LogP contribution is -2.42. The molecule has 7 nitrogen and oxygen atoms in total. The van der Waals surface area contributed by atoms with Gasteiger partial charge < -0.3 is 22.1 Å². The molecule has 0 aliphatic heterocycles. The standard InChI is InChI=1S/C18H21F3N6O/c19-18(20,21)11-1-4-13(5-2-11)27-16(24)14(17(25)28)9-26-15-6-3-12(23)7-10(15)8-22/h1-2,4-5,9-10,12,15,26H,3,6-7,23H2,(H2,24,27)(H2,25,28)/b14-9+/t10?,12-,15+/m1/s1. The summed E-state index contributed by atoms with van der Waals surface area (Å²) in [6.45, 7) is 0. The summed E-state index contributed by atoms with van der Waals surface area (Å²) >= 11 is 0. The largest absolute Gasteiger partial charge is 0.416 e. The Morgan fingerprint density at radius 3 is 2.46 bits per heavy atom. The van der Waals surface area contributed by atoms with E-state index < -0.39 is 17.6 Å². The summed E-state index contributed by atoms with van der Waals surface area (Å²) in [5, 5.41) is 22.7. The maximum atomic E-state index is 12.6. The summed E-state index contributed by atoms with van der Waals surface area (Å²) in [5.41, 5.74) is 10.4. The first kappa shape index (κ1) is 21.2. The fraction of sp³-hybridized carbons (Fsp3) is 0.389. The lowest BCUT2D eigenvalue weighted by atomic mass is 9.83. The monoisotopic (exact) mass is 394 g/mol. The minimum atomic E-state index is -4.46. The Bertz CT molecular complexity index is 797. The molecule has 28 heavy (non-hydrogen) atoms. The smallest absolute Gasteiger partial charge is 0.386 e. The number of primary amides is 1. The normalized spacial score (nSPS) is 22.8. The molecule has 0 saturated heterocycles. The van der Waals surface area contributed by atoms with Gasteiger partial charge in [0, 0.05) is 24.0 Å². The molecule has 1 aromatic rings. The first-order valence-corrected chi connectivity index (χ1v) is 8.56. The molecule has 1 unspecified atom stereocenters. The number of nitrogens with zero attached hydrogens (tertiary/aromatic N) is 1. The summed E-state index contributed by atoms with van der Waals surface area (Å²) in [4.78, 5) is 11.7. The van der Waals surface area contributed by atoms with E-state index in [-0.39, 0.29) is 35.1 Å². The molecule has 0 heterocycles. The van der Waals surface area contributed by atoms with E-state index in [1.54, 1.807) is 0 Å². The van der Waals surface area contributed by atoms with Crippen LogP contribution in [0.5, 0.6) is 0 Å². The van der Waals surface area contributed by atoms with Gasteiger partial charge in [0.25, 0.3) is 5.91 Å². The number of amides is 1. The number of alkyl halides is 3. The zero-order valence-corrected chi connectivity index (χ0v) is 14.9. The van der Waals surface area contributed by atoms with E-state index >= 15 is 0 Å². The number of hydrogen-bond acceptors (Lipinski definition) is 5. The van der Waals surface area contributed by atoms with Crippen LogP contribution in [0.2, 0.25) is 0 Å². The zero-order chi connectivity index (χ0) is 20.9. The summed E-state index contributed by atoms with van der Waals surface area (Å²) in [6.07, 6.45) is -1.34. The number of nitriles is 1. The maximum Gasteiger partial charge on any atom is 0.416 e. The highest BCUT2D eigenvalue weighted by Crippen LogP contribution is 2.30. The minimum Gasteiger partial charge on any atom is -0.386 e. The molecule has 150 valence electrons. The van der Waals surface area contributed by atoms with Gasteiger partial charge in [-0.05, 0) is 43.5 Å². The van der Waals surface area contributed by atoms with Crippen LogP contribution in [0.15, 0.2) is 36.0 Å². The van der Waals surface area contributed by atoms with Gasteiger partial charge in [0.15, 0.2) is 0 Å². The Morgan fingerprint density at radius 2 is 1.93 bits per heavy atom. The number of amidine groups is 1. The quantitative estimate of drug-likeness (QED) is 0.295. The second-order valence-corrected chi connectivity index (χ2v) is 6.58. The van der Waals surface area contributed by atoms with E-state index in [1.807, 2.05) is 0 Å². The van der Waals surface area contributed by atoms with Crippen molar-refractivity contribution in [3.8, 4) is 6.07 Å². The molecule has 2 rings (SSSR count). The Labute approximate surface area is 160 Å². The number of hydrogen-bond donors (Lipinski definition) is 5. The van der Waals surface area contributed by atoms with Crippen LogP contribution < -0.4 is 22.1 Å². The number of benzene rings is 1. The molecule has 7 N–H and O–H groups in total. The molecule has 1 aliphatic rings. The molecule has 1 aromatic carbocycles. The molecule has 1 saturated carbocycles. The number of nitrogens with two attached hydrogens (primary N) is 2. The van der Waals surface area contributed by atoms with Gasteiger partial charge in [-0.1, -0.05) is 0 Å². The SMILES string of the molecule is N#CC1C[C@H](N)CC[C@@H]1N/C=C(\C(=N)Nc1ccc(C(F)(F)F)cc1)C(N)=O. The third-order valence-electron chi connectivity index (χ3n) is 4.51. The summed E-state index contributed by atoms with van der Waals surface area (Å²) in [6, 6.07) is 5.91. The summed E-state index contributed by atoms with van der Waals surface area (Å²) < 4.78 is 37.8. The van der Waals surface area contributed by atoms with E-state index in [9.17, 15) is 23.2 Å². The predicted octanol–water partition coefficient (Wildman–Crippen LogP) is 2.07. The van der Waals surface area contributed by atoms with Gasteiger partial charge in [0.1, 0.15) is 5.84 Å². The predicted molar refractivity (Wildman–Crippen MR) is 97.9 cm³/mol. The van der Waals surface area contributed by atoms with Gasteiger partial charge in [-0.25, -0.2) is 0 Å². The molecular formula is C18H21F3N6O. The summed E-state index contributed by atoms with van der Waals surface area (Å²) in [7, 11) is 0. The fourth-order valence-corrected chi connectivity index (χ4v) is 2.96. The van der Waals surface area contributed by atoms with E-state index in [0.29, 0.717) is 12.8 Å². The number of anilines is 1. The average Bonchev–Trinajstić information content (AvgIpc) is 2.62. The molecular weight excluding hydrogens is 373 g/mol. The highest BCUT2D eigenvalue weighted by molar-refractivity contribution is 6.23. The van der Waals surface area contributed by atoms with Gasteiger partial charge in [0.2, 0.25) is 0 Å². The van der Waals surface area contributed by atoms with Gasteiger partial charge in [-0.2, -0.15) is 18.4 Å². The van der Waals surface area contributed by atoms with Crippen molar-refractivity contribution in [3.05, 3.63) is 41.6 Å². The molecule has 0 bridgehead atoms. The number of rotatable bonds is 5. The van der Waals surface area contributed by atoms with Crippen LogP contribution in [0.25, 0.3) is 0 Å². The highest BCUT2D eigenvalue weighted by Gasteiger charge is 2.30. The highest BCUT2D eigenvalue weighted by atomic mass is 19.4. The molecule has 0 aromatic heterocycles. The third kappa shape index (κ3) is 5.47. The van der Waals surface area contributed by atoms with Crippen molar-refractivity contribution in [1.82, 2.24) is 5.32 Å². The van der Waals surface area contributed by atoms with Crippen molar-refractivity contribution < 1.29 is 18.0 Å². The van der Waals surface area contributed by atoms with Crippen LogP contribution in [0.1, 0.15) is 24.8 Å². The van der Waals surface area contributed by atoms with Crippen LogP contribution in [-0.2, 0) is 11.0 Å². The maximum absolute atomic E-state index is 12.6. The molecule has 10 heteroatoms. The Balaban J connectivity index is 2.08. The number of carbonyl (C=O) groups excluding carboxylic acids is 1. The zero-order valence-electron chi connectivity index (χ0n) is 14.9. The van der Waals surface area contributed by atoms with Gasteiger partial charge >= 0.3 is 6.18 Å². The molecule has 3 atom stereocenters. The van der Waals surface area contributed by atoms with Crippen molar-refractivity contribution in [1.29, 1.82) is 10.7 Å². The first-order valence-electron chi connectivity index (χ1n) is 8.56. The number of halogens is 3. The van der Waals surface area contributed by atoms with E-state index in [2.05, 4.69) is 16.7 Å². The van der Waals surface area contributed by atoms with E-state index in [1.165, 1.54) is 6.20 Å². The Hall–Kier alpha value is -3.06. The lowest BCUT2D eigenvalue weighted by molar-refractivity contribution is -0.137. The fourth-order valence-electron chi connectivity index (χ4n) is 2.96. The van der Waals surface area contributed by atoms with Crippen LogP contribution >= 0.6 is 0 Å². The summed E-state index contributed by atoms with van der Waals surface area (Å²) in [5.74, 6) is -1.61. The van der Waals surface area contributed by atoms with Crippen molar-refractivity contribution in [3.63, 3.8) is 0 Å². The number of nitrogens with one attached hydrogen (secondary N) is 3. The van der Waals surface area contributed by atoms with E-state index in [0.717, 1.165) is 30.7 Å². The Kier molecular flexibility index (Phi) is 6.64.